The van der Waals surface area contributed by atoms with Gasteiger partial charge in [0.25, 0.3) is 10.0 Å². The highest BCUT2D eigenvalue weighted by atomic mass is 79.9. The predicted molar refractivity (Wildman–Crippen MR) is 74.0 cm³/mol. The number of aryl methyl sites for hydroxylation is 1. The van der Waals surface area contributed by atoms with Gasteiger partial charge in [0, 0.05) is 5.54 Å². The van der Waals surface area contributed by atoms with E-state index in [0.29, 0.717) is 4.21 Å². The molecule has 1 aliphatic rings. The fraction of sp³-hybridized carbons (Fsp3) is 0.636. The zero-order chi connectivity index (χ0) is 12.7. The quantitative estimate of drug-likeness (QED) is 0.914. The average Bonchev–Trinajstić information content (AvgIpc) is 2.54. The monoisotopic (exact) mass is 337 g/mol. The van der Waals surface area contributed by atoms with Gasteiger partial charge in [0.15, 0.2) is 0 Å². The topological polar surface area (TPSA) is 46.2 Å². The molecule has 96 valence electrons. The van der Waals surface area contributed by atoms with Crippen molar-refractivity contribution in [3.05, 3.63) is 15.4 Å². The molecule has 17 heavy (non-hydrogen) atoms. The van der Waals surface area contributed by atoms with Crippen molar-refractivity contribution in [2.45, 2.75) is 49.3 Å². The van der Waals surface area contributed by atoms with Crippen LogP contribution in [0.1, 0.15) is 38.2 Å². The van der Waals surface area contributed by atoms with Crippen LogP contribution in [0.15, 0.2) is 14.1 Å². The van der Waals surface area contributed by atoms with Crippen LogP contribution in [0.2, 0.25) is 0 Å². The van der Waals surface area contributed by atoms with Crippen LogP contribution in [0.5, 0.6) is 0 Å². The fourth-order valence-electron chi connectivity index (χ4n) is 2.03. The predicted octanol–water partition coefficient (Wildman–Crippen LogP) is 3.43. The third-order valence-electron chi connectivity index (χ3n) is 3.44. The zero-order valence-corrected chi connectivity index (χ0v) is 13.1. The Morgan fingerprint density at radius 3 is 2.53 bits per heavy atom. The molecule has 2 rings (SSSR count). The smallest absolute Gasteiger partial charge is 0.206 e. The SMILES string of the molecule is CCC1(NS(=O)(=O)c2cc(C)c(Br)s2)CCC1. The summed E-state index contributed by atoms with van der Waals surface area (Å²) < 4.78 is 28.7. The molecule has 0 spiro atoms. The molecule has 0 bridgehead atoms. The fourth-order valence-corrected chi connectivity index (χ4v) is 5.79. The summed E-state index contributed by atoms with van der Waals surface area (Å²) in [5.74, 6) is 0. The Morgan fingerprint density at radius 2 is 2.18 bits per heavy atom. The molecule has 0 saturated heterocycles. The molecule has 0 amide bonds. The van der Waals surface area contributed by atoms with Crippen LogP contribution < -0.4 is 4.72 Å². The summed E-state index contributed by atoms with van der Waals surface area (Å²) in [6.07, 6.45) is 3.88. The van der Waals surface area contributed by atoms with Crippen LogP contribution in [0.3, 0.4) is 0 Å². The van der Waals surface area contributed by atoms with Crippen molar-refractivity contribution in [2.24, 2.45) is 0 Å². The van der Waals surface area contributed by atoms with E-state index < -0.39 is 10.0 Å². The maximum absolute atomic E-state index is 12.2. The number of halogens is 1. The minimum atomic E-state index is -3.35. The van der Waals surface area contributed by atoms with Crippen molar-refractivity contribution in [1.82, 2.24) is 4.72 Å². The molecular weight excluding hydrogens is 322 g/mol. The Kier molecular flexibility index (Phi) is 3.69. The highest BCUT2D eigenvalue weighted by Gasteiger charge is 2.39. The molecule has 1 N–H and O–H groups in total. The molecule has 1 saturated carbocycles. The molecule has 1 aliphatic carbocycles. The Morgan fingerprint density at radius 1 is 1.53 bits per heavy atom. The summed E-state index contributed by atoms with van der Waals surface area (Å²) >= 11 is 4.64. The van der Waals surface area contributed by atoms with E-state index in [4.69, 9.17) is 0 Å². The van der Waals surface area contributed by atoms with E-state index >= 15 is 0 Å². The van der Waals surface area contributed by atoms with Gasteiger partial charge < -0.3 is 0 Å². The van der Waals surface area contributed by atoms with Crippen molar-refractivity contribution in [1.29, 1.82) is 0 Å². The van der Waals surface area contributed by atoms with Gasteiger partial charge in [-0.3, -0.25) is 0 Å². The molecule has 0 aliphatic heterocycles. The van der Waals surface area contributed by atoms with E-state index in [9.17, 15) is 8.42 Å². The molecule has 0 atom stereocenters. The van der Waals surface area contributed by atoms with Crippen molar-refractivity contribution in [2.75, 3.05) is 0 Å². The van der Waals surface area contributed by atoms with Crippen LogP contribution >= 0.6 is 27.3 Å². The van der Waals surface area contributed by atoms with Crippen LogP contribution in [0.25, 0.3) is 0 Å². The third-order valence-corrected chi connectivity index (χ3v) is 7.63. The first kappa shape index (κ1) is 13.5. The molecule has 1 heterocycles. The van der Waals surface area contributed by atoms with Crippen molar-refractivity contribution in [3.63, 3.8) is 0 Å². The largest absolute Gasteiger partial charge is 0.250 e. The summed E-state index contributed by atoms with van der Waals surface area (Å²) in [6, 6.07) is 1.72. The van der Waals surface area contributed by atoms with Gasteiger partial charge in [-0.25, -0.2) is 13.1 Å². The van der Waals surface area contributed by atoms with E-state index in [-0.39, 0.29) is 5.54 Å². The number of hydrogen-bond acceptors (Lipinski definition) is 3. The lowest BCUT2D eigenvalue weighted by molar-refractivity contribution is 0.214. The summed E-state index contributed by atoms with van der Waals surface area (Å²) in [7, 11) is -3.35. The number of hydrogen-bond donors (Lipinski definition) is 1. The van der Waals surface area contributed by atoms with Crippen LogP contribution in [-0.4, -0.2) is 14.0 Å². The van der Waals surface area contributed by atoms with Gasteiger partial charge in [0.2, 0.25) is 0 Å². The number of sulfonamides is 1. The van der Waals surface area contributed by atoms with Gasteiger partial charge in [-0.05, 0) is 60.2 Å². The second kappa shape index (κ2) is 4.64. The lowest BCUT2D eigenvalue weighted by Crippen LogP contribution is -2.52. The van der Waals surface area contributed by atoms with Gasteiger partial charge in [-0.15, -0.1) is 11.3 Å². The molecular formula is C11H16BrNO2S2. The summed E-state index contributed by atoms with van der Waals surface area (Å²) in [4.78, 5) is 0. The minimum absolute atomic E-state index is 0.191. The second-order valence-corrected chi connectivity index (χ2v) is 8.89. The van der Waals surface area contributed by atoms with E-state index in [1.54, 1.807) is 6.07 Å². The Bertz CT molecular complexity index is 493. The Labute approximate surface area is 115 Å². The van der Waals surface area contributed by atoms with Gasteiger partial charge in [-0.1, -0.05) is 6.92 Å². The second-order valence-electron chi connectivity index (χ2n) is 4.62. The molecule has 3 nitrogen and oxygen atoms in total. The van der Waals surface area contributed by atoms with Gasteiger partial charge in [0.05, 0.1) is 3.79 Å². The highest BCUT2D eigenvalue weighted by molar-refractivity contribution is 9.11. The van der Waals surface area contributed by atoms with E-state index in [2.05, 4.69) is 20.7 Å². The zero-order valence-electron chi connectivity index (χ0n) is 9.92. The number of nitrogens with one attached hydrogen (secondary N) is 1. The molecule has 1 fully saturated rings. The molecule has 0 radical (unpaired) electrons. The lowest BCUT2D eigenvalue weighted by Gasteiger charge is -2.41. The molecule has 1 aromatic heterocycles. The first-order valence-electron chi connectivity index (χ1n) is 5.68. The maximum atomic E-state index is 12.2. The van der Waals surface area contributed by atoms with E-state index in [1.165, 1.54) is 11.3 Å². The first-order valence-corrected chi connectivity index (χ1v) is 8.78. The Balaban J connectivity index is 2.25. The van der Waals surface area contributed by atoms with Crippen LogP contribution in [0, 0.1) is 6.92 Å². The molecule has 1 aromatic rings. The number of rotatable bonds is 4. The van der Waals surface area contributed by atoms with Crippen molar-refractivity contribution in [3.8, 4) is 0 Å². The lowest BCUT2D eigenvalue weighted by atomic mass is 9.76. The summed E-state index contributed by atoms with van der Waals surface area (Å²) in [5, 5.41) is 0. The van der Waals surface area contributed by atoms with Crippen LogP contribution in [0.4, 0.5) is 0 Å². The van der Waals surface area contributed by atoms with Crippen molar-refractivity contribution < 1.29 is 8.42 Å². The first-order chi connectivity index (χ1) is 7.88. The maximum Gasteiger partial charge on any atom is 0.250 e. The van der Waals surface area contributed by atoms with E-state index in [1.807, 2.05) is 13.8 Å². The van der Waals surface area contributed by atoms with E-state index in [0.717, 1.165) is 35.0 Å². The number of thiophene rings is 1. The molecule has 6 heteroatoms. The molecule has 0 unspecified atom stereocenters. The molecule has 0 aromatic carbocycles. The van der Waals surface area contributed by atoms with Crippen molar-refractivity contribution >= 4 is 37.3 Å². The van der Waals surface area contributed by atoms with Gasteiger partial charge in [0.1, 0.15) is 4.21 Å². The summed E-state index contributed by atoms with van der Waals surface area (Å²) in [5.41, 5.74) is 0.776. The Hall–Kier alpha value is 0.0900. The summed E-state index contributed by atoms with van der Waals surface area (Å²) in [6.45, 7) is 3.94. The normalized spacial score (nSPS) is 19.0. The van der Waals surface area contributed by atoms with Gasteiger partial charge >= 0.3 is 0 Å². The standard InChI is InChI=1S/C11H16BrNO2S2/c1-3-11(5-4-6-11)13-17(14,15)9-7-8(2)10(12)16-9/h7,13H,3-6H2,1-2H3. The third kappa shape index (κ3) is 2.59. The van der Waals surface area contributed by atoms with Gasteiger partial charge in [-0.2, -0.15) is 0 Å². The van der Waals surface area contributed by atoms with Crippen LogP contribution in [-0.2, 0) is 10.0 Å². The highest BCUT2D eigenvalue weighted by Crippen LogP contribution is 2.37. The minimum Gasteiger partial charge on any atom is -0.206 e. The average molecular weight is 338 g/mol.